The van der Waals surface area contributed by atoms with Crippen molar-refractivity contribution in [3.05, 3.63) is 79.9 Å². The van der Waals surface area contributed by atoms with Gasteiger partial charge in [-0.1, -0.05) is 17.7 Å². The third-order valence-corrected chi connectivity index (χ3v) is 5.47. The van der Waals surface area contributed by atoms with Crippen LogP contribution in [0.3, 0.4) is 0 Å². The van der Waals surface area contributed by atoms with Gasteiger partial charge in [0.25, 0.3) is 5.91 Å². The maximum atomic E-state index is 12.8. The number of carbonyl (C=O) groups is 1. The van der Waals surface area contributed by atoms with E-state index in [9.17, 15) is 14.9 Å². The van der Waals surface area contributed by atoms with Crippen LogP contribution in [-0.4, -0.2) is 28.2 Å². The zero-order chi connectivity index (χ0) is 20.4. The lowest BCUT2D eigenvalue weighted by Crippen LogP contribution is -2.31. The Balaban J connectivity index is 1.55. The average Bonchev–Trinajstić information content (AvgIpc) is 3.47. The Bertz CT molecular complexity index is 1070. The molecule has 0 N–H and O–H groups in total. The standard InChI is InChI=1S/C19H14ClN3O5S/c20-12-5-6-17(15(9-12)23(25)26)28-11-19(24)22-14(16-3-1-7-27-16)10-13(21-22)18-4-2-8-29-18/h1-9,14H,10-11H2. The molecule has 4 rings (SSSR count). The van der Waals surface area contributed by atoms with E-state index in [0.717, 1.165) is 10.6 Å². The maximum absolute atomic E-state index is 12.8. The Morgan fingerprint density at radius 1 is 1.38 bits per heavy atom. The van der Waals surface area contributed by atoms with Crippen LogP contribution in [0.4, 0.5) is 5.69 Å². The van der Waals surface area contributed by atoms with Crippen molar-refractivity contribution in [3.63, 3.8) is 0 Å². The van der Waals surface area contributed by atoms with Crippen LogP contribution in [0.15, 0.2) is 63.6 Å². The molecule has 0 saturated heterocycles. The van der Waals surface area contributed by atoms with Gasteiger partial charge in [0.15, 0.2) is 12.4 Å². The molecule has 3 heterocycles. The minimum absolute atomic E-state index is 0.0380. The predicted molar refractivity (Wildman–Crippen MR) is 107 cm³/mol. The summed E-state index contributed by atoms with van der Waals surface area (Å²) in [4.78, 5) is 24.4. The number of nitro groups is 1. The van der Waals surface area contributed by atoms with Gasteiger partial charge >= 0.3 is 5.69 Å². The summed E-state index contributed by atoms with van der Waals surface area (Å²) in [6.07, 6.45) is 2.04. The second kappa shape index (κ2) is 8.06. The number of halogens is 1. The lowest BCUT2D eigenvalue weighted by molar-refractivity contribution is -0.385. The first-order chi connectivity index (χ1) is 14.0. The van der Waals surface area contributed by atoms with E-state index in [1.54, 1.807) is 12.1 Å². The van der Waals surface area contributed by atoms with E-state index >= 15 is 0 Å². The van der Waals surface area contributed by atoms with Crippen molar-refractivity contribution in [3.8, 4) is 5.75 Å². The number of hydrogen-bond acceptors (Lipinski definition) is 7. The van der Waals surface area contributed by atoms with Gasteiger partial charge in [-0.3, -0.25) is 14.9 Å². The van der Waals surface area contributed by atoms with Crippen molar-refractivity contribution >= 4 is 40.2 Å². The highest BCUT2D eigenvalue weighted by atomic mass is 35.5. The molecule has 3 aromatic rings. The minimum Gasteiger partial charge on any atom is -0.477 e. The van der Waals surface area contributed by atoms with Crippen molar-refractivity contribution < 1.29 is 18.9 Å². The molecule has 10 heteroatoms. The molecule has 1 aliphatic rings. The Morgan fingerprint density at radius 2 is 2.24 bits per heavy atom. The monoisotopic (exact) mass is 431 g/mol. The molecule has 2 aromatic heterocycles. The van der Waals surface area contributed by atoms with Gasteiger partial charge in [-0.2, -0.15) is 5.10 Å². The summed E-state index contributed by atoms with van der Waals surface area (Å²) < 4.78 is 10.9. The van der Waals surface area contributed by atoms with Crippen molar-refractivity contribution in [2.75, 3.05) is 6.61 Å². The Morgan fingerprint density at radius 3 is 2.93 bits per heavy atom. The molecule has 0 spiro atoms. The summed E-state index contributed by atoms with van der Waals surface area (Å²) in [5.41, 5.74) is 0.462. The van der Waals surface area contributed by atoms with Gasteiger partial charge in [0.2, 0.25) is 0 Å². The van der Waals surface area contributed by atoms with Gasteiger partial charge in [0, 0.05) is 17.5 Å². The maximum Gasteiger partial charge on any atom is 0.312 e. The summed E-state index contributed by atoms with van der Waals surface area (Å²) in [5, 5.41) is 19.1. The van der Waals surface area contributed by atoms with Crippen LogP contribution in [0.2, 0.25) is 5.02 Å². The van der Waals surface area contributed by atoms with Crippen molar-refractivity contribution in [1.29, 1.82) is 0 Å². The highest BCUT2D eigenvalue weighted by molar-refractivity contribution is 7.12. The van der Waals surface area contributed by atoms with Crippen LogP contribution in [0.25, 0.3) is 0 Å². The number of rotatable bonds is 6. The van der Waals surface area contributed by atoms with E-state index < -0.39 is 23.5 Å². The fourth-order valence-electron chi connectivity index (χ4n) is 3.00. The molecular formula is C19H14ClN3O5S. The molecule has 1 atom stereocenters. The van der Waals surface area contributed by atoms with E-state index in [-0.39, 0.29) is 16.5 Å². The van der Waals surface area contributed by atoms with E-state index in [0.29, 0.717) is 12.2 Å². The number of hydrazone groups is 1. The molecule has 8 nitrogen and oxygen atoms in total. The van der Waals surface area contributed by atoms with Gasteiger partial charge in [-0.05, 0) is 35.7 Å². The predicted octanol–water partition coefficient (Wildman–Crippen LogP) is 4.66. The second-order valence-corrected chi connectivity index (χ2v) is 7.54. The molecule has 148 valence electrons. The molecular weight excluding hydrogens is 418 g/mol. The zero-order valence-electron chi connectivity index (χ0n) is 14.9. The fraction of sp³-hybridized carbons (Fsp3) is 0.158. The van der Waals surface area contributed by atoms with Crippen molar-refractivity contribution in [2.24, 2.45) is 5.10 Å². The number of benzene rings is 1. The minimum atomic E-state index is -0.611. The molecule has 0 radical (unpaired) electrons. The van der Waals surface area contributed by atoms with Crippen LogP contribution < -0.4 is 4.74 Å². The van der Waals surface area contributed by atoms with Gasteiger partial charge < -0.3 is 9.15 Å². The SMILES string of the molecule is O=C(COc1ccc(Cl)cc1[N+](=O)[O-])N1N=C(c2cccs2)CC1c1ccco1. The molecule has 0 aliphatic carbocycles. The zero-order valence-corrected chi connectivity index (χ0v) is 16.4. The van der Waals surface area contributed by atoms with Gasteiger partial charge in [0.1, 0.15) is 11.8 Å². The first-order valence-electron chi connectivity index (χ1n) is 8.56. The highest BCUT2D eigenvalue weighted by Gasteiger charge is 2.35. The normalized spacial score (nSPS) is 16.0. The van der Waals surface area contributed by atoms with Crippen molar-refractivity contribution in [1.82, 2.24) is 5.01 Å². The van der Waals surface area contributed by atoms with Gasteiger partial charge in [-0.25, -0.2) is 5.01 Å². The highest BCUT2D eigenvalue weighted by Crippen LogP contribution is 2.35. The van der Waals surface area contributed by atoms with Crippen LogP contribution in [0, 0.1) is 10.1 Å². The second-order valence-electron chi connectivity index (χ2n) is 6.16. The Labute approximate surface area is 174 Å². The summed E-state index contributed by atoms with van der Waals surface area (Å²) in [5.74, 6) is 0.122. The number of furan rings is 1. The molecule has 0 saturated carbocycles. The quantitative estimate of drug-likeness (QED) is 0.417. The molecule has 29 heavy (non-hydrogen) atoms. The molecule has 1 unspecified atom stereocenters. The molecule has 0 fully saturated rings. The van der Waals surface area contributed by atoms with E-state index in [1.807, 2.05) is 17.5 Å². The Hall–Kier alpha value is -3.17. The topological polar surface area (TPSA) is 98.2 Å². The number of amides is 1. The number of hydrogen-bond donors (Lipinski definition) is 0. The number of ether oxygens (including phenoxy) is 1. The average molecular weight is 432 g/mol. The first-order valence-corrected chi connectivity index (χ1v) is 9.82. The number of thiophene rings is 1. The third kappa shape index (κ3) is 4.01. The van der Waals surface area contributed by atoms with Crippen molar-refractivity contribution in [2.45, 2.75) is 12.5 Å². The third-order valence-electron chi connectivity index (χ3n) is 4.31. The van der Waals surface area contributed by atoms with Crippen LogP contribution in [0.5, 0.6) is 5.75 Å². The van der Waals surface area contributed by atoms with Crippen LogP contribution >= 0.6 is 22.9 Å². The molecule has 1 aromatic carbocycles. The lowest BCUT2D eigenvalue weighted by Gasteiger charge is -2.19. The molecule has 1 aliphatic heterocycles. The van der Waals surface area contributed by atoms with Crippen LogP contribution in [0.1, 0.15) is 23.1 Å². The van der Waals surface area contributed by atoms with Crippen LogP contribution in [-0.2, 0) is 4.79 Å². The number of nitrogens with zero attached hydrogens (tertiary/aromatic N) is 3. The summed E-state index contributed by atoms with van der Waals surface area (Å²) in [6.45, 7) is -0.416. The summed E-state index contributed by atoms with van der Waals surface area (Å²) in [7, 11) is 0. The summed E-state index contributed by atoms with van der Waals surface area (Å²) >= 11 is 7.34. The van der Waals surface area contributed by atoms with E-state index in [2.05, 4.69) is 5.10 Å². The van der Waals surface area contributed by atoms with E-state index in [4.69, 9.17) is 20.8 Å². The largest absolute Gasteiger partial charge is 0.477 e. The number of nitro benzene ring substituents is 1. The first kappa shape index (κ1) is 19.2. The van der Waals surface area contributed by atoms with Gasteiger partial charge in [-0.15, -0.1) is 11.3 Å². The van der Waals surface area contributed by atoms with E-state index in [1.165, 1.54) is 40.8 Å². The number of carbonyl (C=O) groups excluding carboxylic acids is 1. The Kier molecular flexibility index (Phi) is 5.32. The molecule has 1 amide bonds. The molecule has 0 bridgehead atoms. The lowest BCUT2D eigenvalue weighted by atomic mass is 10.1. The van der Waals surface area contributed by atoms with Gasteiger partial charge in [0.05, 0.1) is 21.8 Å². The fourth-order valence-corrected chi connectivity index (χ4v) is 3.88. The smallest absolute Gasteiger partial charge is 0.312 e. The summed E-state index contributed by atoms with van der Waals surface area (Å²) in [6, 6.07) is 11.0.